The molecule has 4 fully saturated rings. The summed E-state index contributed by atoms with van der Waals surface area (Å²) in [5.41, 5.74) is 1.15. The van der Waals surface area contributed by atoms with E-state index in [4.69, 9.17) is 37.9 Å². The summed E-state index contributed by atoms with van der Waals surface area (Å²) in [6.45, 7) is 13.5. The van der Waals surface area contributed by atoms with Gasteiger partial charge in [-0.25, -0.2) is 0 Å². The van der Waals surface area contributed by atoms with Gasteiger partial charge in [0.15, 0.2) is 24.2 Å². The fraction of sp³-hybridized carbons (Fsp3) is 0.778. The highest BCUT2D eigenvalue weighted by Gasteiger charge is 2.59. The summed E-state index contributed by atoms with van der Waals surface area (Å²) in [7, 11) is 0. The van der Waals surface area contributed by atoms with Crippen molar-refractivity contribution >= 4 is 0 Å². The summed E-state index contributed by atoms with van der Waals surface area (Å²) in [5.74, 6) is -0.634. The number of ether oxygens (including phenoxy) is 8. The van der Waals surface area contributed by atoms with Crippen LogP contribution in [0.3, 0.4) is 0 Å². The number of hydrogen-bond donors (Lipinski definition) is 0. The van der Waals surface area contributed by atoms with E-state index < -0.39 is 30.3 Å². The summed E-state index contributed by atoms with van der Waals surface area (Å²) in [5, 5.41) is 0. The lowest BCUT2D eigenvalue weighted by Crippen LogP contribution is -2.49. The lowest BCUT2D eigenvalue weighted by Gasteiger charge is -2.40. The normalized spacial score (nSPS) is 42.3. The maximum absolute atomic E-state index is 6.62. The Labute approximate surface area is 208 Å². The van der Waals surface area contributed by atoms with Crippen molar-refractivity contribution in [2.75, 3.05) is 13.2 Å². The van der Waals surface area contributed by atoms with Gasteiger partial charge in [0, 0.05) is 6.42 Å². The molecule has 1 aromatic rings. The average Bonchev–Trinajstić information content (AvgIpc) is 3.41. The largest absolute Gasteiger partial charge is 0.374 e. The fourth-order valence-electron chi connectivity index (χ4n) is 5.42. The van der Waals surface area contributed by atoms with Crippen molar-refractivity contribution in [2.45, 2.75) is 109 Å². The molecule has 4 aliphatic heterocycles. The highest BCUT2D eigenvalue weighted by molar-refractivity contribution is 5.13. The van der Waals surface area contributed by atoms with Crippen LogP contribution in [-0.4, -0.2) is 67.9 Å². The summed E-state index contributed by atoms with van der Waals surface area (Å²) in [6, 6.07) is 10.2. The Morgan fingerprint density at radius 2 is 1.69 bits per heavy atom. The first-order chi connectivity index (χ1) is 16.6. The number of rotatable bonds is 7. The average molecular weight is 493 g/mol. The van der Waals surface area contributed by atoms with E-state index in [1.807, 2.05) is 45.9 Å². The second-order valence-electron chi connectivity index (χ2n) is 11.2. The van der Waals surface area contributed by atoms with Crippen LogP contribution >= 0.6 is 0 Å². The van der Waals surface area contributed by atoms with Gasteiger partial charge in [-0.15, -0.1) is 0 Å². The molecule has 0 bridgehead atoms. The molecule has 0 radical (unpaired) electrons. The number of fused-ring (bicyclic) bond motifs is 1. The monoisotopic (exact) mass is 492 g/mol. The molecule has 35 heavy (non-hydrogen) atoms. The highest BCUT2D eigenvalue weighted by atomic mass is 16.9. The zero-order chi connectivity index (χ0) is 24.8. The van der Waals surface area contributed by atoms with Crippen molar-refractivity contribution < 1.29 is 37.9 Å². The standard InChI is InChI=1S/C27H40O8/c1-16-12-21(30-19(17(16)2)14-28-13-18-10-8-7-9-11-18)31-23-22(20-15-29-26(3,4)33-20)32-25-24(23)34-27(5,6)35-25/h7-11,16-17,19-25H,12-15H2,1-6H3/t16-,17+,19?,20-,21+,22-,23+,24-,25-/m1/s1. The van der Waals surface area contributed by atoms with Gasteiger partial charge >= 0.3 is 0 Å². The summed E-state index contributed by atoms with van der Waals surface area (Å²) < 4.78 is 49.5. The molecule has 0 spiro atoms. The van der Waals surface area contributed by atoms with Crippen LogP contribution in [0.4, 0.5) is 0 Å². The third-order valence-corrected chi connectivity index (χ3v) is 7.50. The van der Waals surface area contributed by atoms with Gasteiger partial charge in [0.1, 0.15) is 24.4 Å². The van der Waals surface area contributed by atoms with E-state index in [1.165, 1.54) is 0 Å². The number of hydrogen-bond acceptors (Lipinski definition) is 8. The van der Waals surface area contributed by atoms with Crippen LogP contribution in [0.15, 0.2) is 30.3 Å². The minimum Gasteiger partial charge on any atom is -0.374 e. The smallest absolute Gasteiger partial charge is 0.190 e. The van der Waals surface area contributed by atoms with Gasteiger partial charge in [-0.1, -0.05) is 44.2 Å². The zero-order valence-electron chi connectivity index (χ0n) is 21.7. The van der Waals surface area contributed by atoms with Gasteiger partial charge in [-0.2, -0.15) is 0 Å². The van der Waals surface area contributed by atoms with Crippen molar-refractivity contribution in [1.82, 2.24) is 0 Å². The highest BCUT2D eigenvalue weighted by Crippen LogP contribution is 2.43. The maximum Gasteiger partial charge on any atom is 0.190 e. The van der Waals surface area contributed by atoms with Crippen LogP contribution in [-0.2, 0) is 44.5 Å². The van der Waals surface area contributed by atoms with E-state index in [0.29, 0.717) is 31.7 Å². The van der Waals surface area contributed by atoms with Crippen LogP contribution in [0.2, 0.25) is 0 Å². The Bertz CT molecular complexity index is 845. The summed E-state index contributed by atoms with van der Waals surface area (Å²) >= 11 is 0. The summed E-state index contributed by atoms with van der Waals surface area (Å²) in [6.07, 6.45) is -1.62. The van der Waals surface area contributed by atoms with Crippen LogP contribution in [0.5, 0.6) is 0 Å². The molecule has 1 unspecified atom stereocenters. The molecule has 5 rings (SSSR count). The summed E-state index contributed by atoms with van der Waals surface area (Å²) in [4.78, 5) is 0. The van der Waals surface area contributed by atoms with E-state index in [9.17, 15) is 0 Å². The topological polar surface area (TPSA) is 73.8 Å². The van der Waals surface area contributed by atoms with Crippen molar-refractivity contribution in [2.24, 2.45) is 11.8 Å². The van der Waals surface area contributed by atoms with E-state index in [2.05, 4.69) is 26.0 Å². The van der Waals surface area contributed by atoms with Crippen LogP contribution in [0.25, 0.3) is 0 Å². The van der Waals surface area contributed by atoms with E-state index in [0.717, 1.165) is 12.0 Å². The molecule has 1 aromatic carbocycles. The molecule has 4 aliphatic rings. The van der Waals surface area contributed by atoms with Gasteiger partial charge in [0.2, 0.25) is 0 Å². The van der Waals surface area contributed by atoms with Crippen molar-refractivity contribution in [3.63, 3.8) is 0 Å². The molecule has 0 amide bonds. The third-order valence-electron chi connectivity index (χ3n) is 7.50. The quantitative estimate of drug-likeness (QED) is 0.566. The lowest BCUT2D eigenvalue weighted by atomic mass is 9.85. The molecule has 0 N–H and O–H groups in total. The Morgan fingerprint density at radius 1 is 0.914 bits per heavy atom. The molecule has 9 atom stereocenters. The molecule has 0 saturated carbocycles. The van der Waals surface area contributed by atoms with Gasteiger partial charge in [-0.05, 0) is 45.1 Å². The minimum atomic E-state index is -0.739. The van der Waals surface area contributed by atoms with Gasteiger partial charge in [0.05, 0.1) is 25.9 Å². The Hall–Kier alpha value is -1.10. The van der Waals surface area contributed by atoms with Gasteiger partial charge < -0.3 is 37.9 Å². The molecular formula is C27H40O8. The fourth-order valence-corrected chi connectivity index (χ4v) is 5.42. The first-order valence-corrected chi connectivity index (χ1v) is 12.9. The Kier molecular flexibility index (Phi) is 7.29. The van der Waals surface area contributed by atoms with Crippen molar-refractivity contribution in [1.29, 1.82) is 0 Å². The second kappa shape index (κ2) is 9.99. The first kappa shape index (κ1) is 25.5. The van der Waals surface area contributed by atoms with E-state index >= 15 is 0 Å². The maximum atomic E-state index is 6.62. The zero-order valence-corrected chi connectivity index (χ0v) is 21.7. The number of benzene rings is 1. The third kappa shape index (κ3) is 5.75. The molecule has 196 valence electrons. The molecular weight excluding hydrogens is 452 g/mol. The van der Waals surface area contributed by atoms with Crippen LogP contribution in [0.1, 0.15) is 53.5 Å². The molecule has 8 heteroatoms. The molecule has 4 saturated heterocycles. The minimum absolute atomic E-state index is 0.0637. The molecule has 8 nitrogen and oxygen atoms in total. The van der Waals surface area contributed by atoms with Crippen LogP contribution in [0, 0.1) is 11.8 Å². The second-order valence-corrected chi connectivity index (χ2v) is 11.2. The molecule has 0 aliphatic carbocycles. The van der Waals surface area contributed by atoms with E-state index in [-0.39, 0.29) is 24.4 Å². The van der Waals surface area contributed by atoms with Crippen molar-refractivity contribution in [3.05, 3.63) is 35.9 Å². The predicted molar refractivity (Wildman–Crippen MR) is 126 cm³/mol. The molecule has 4 heterocycles. The predicted octanol–water partition coefficient (Wildman–Crippen LogP) is 4.00. The van der Waals surface area contributed by atoms with Gasteiger partial charge in [-0.3, -0.25) is 0 Å². The van der Waals surface area contributed by atoms with Crippen LogP contribution < -0.4 is 0 Å². The SMILES string of the molecule is C[C@@H]1C[C@H](O[C@@H]2[C@H]3OC(C)(C)O[C@H]3O[C@@H]2[C@H]2COC(C)(C)O2)OC(COCc2ccccc2)[C@H]1C. The Balaban J connectivity index is 1.25. The Morgan fingerprint density at radius 3 is 2.40 bits per heavy atom. The van der Waals surface area contributed by atoms with Crippen molar-refractivity contribution in [3.8, 4) is 0 Å². The molecule has 0 aromatic heterocycles. The van der Waals surface area contributed by atoms with E-state index in [1.54, 1.807) is 0 Å². The van der Waals surface area contributed by atoms with Gasteiger partial charge in [0.25, 0.3) is 0 Å². The lowest BCUT2D eigenvalue weighted by molar-refractivity contribution is -0.281. The first-order valence-electron chi connectivity index (χ1n) is 12.9.